The van der Waals surface area contributed by atoms with Crippen molar-refractivity contribution in [2.75, 3.05) is 7.05 Å². The summed E-state index contributed by atoms with van der Waals surface area (Å²) in [6.07, 6.45) is 17.6. The normalized spacial score (nSPS) is 35.8. The van der Waals surface area contributed by atoms with E-state index in [-0.39, 0.29) is 0 Å². The quantitative estimate of drug-likeness (QED) is 0.251. The molecule has 6 atom stereocenters. The molecule has 2 fully saturated rings. The third-order valence-corrected chi connectivity index (χ3v) is 10.2. The number of nitrogens with zero attached hydrogens (tertiary/aromatic N) is 1. The highest BCUT2D eigenvalue weighted by Crippen LogP contribution is 2.45. The van der Waals surface area contributed by atoms with Gasteiger partial charge in [-0.25, -0.2) is 3.11 Å². The number of rotatable bonds is 6. The van der Waals surface area contributed by atoms with Gasteiger partial charge >= 0.3 is 0 Å². The van der Waals surface area contributed by atoms with Gasteiger partial charge in [-0.2, -0.15) is 0 Å². The standard InChI is InChI=1S/C27H52IN/c1-20(2)27(5,6)25-16-10-21(3)8-12-23(18-25)14-15-24-13-9-22(4)11-17-26(19-24)29(7)28/h20-26H,8-19H2,1-7H3. The molecule has 6 unspecified atom stereocenters. The predicted molar refractivity (Wildman–Crippen MR) is 138 cm³/mol. The Hall–Kier alpha value is 0.690. The molecule has 0 aliphatic heterocycles. The largest absolute Gasteiger partial charge is 0.248 e. The summed E-state index contributed by atoms with van der Waals surface area (Å²) in [6.45, 7) is 15.0. The molecule has 0 aromatic heterocycles. The molecular weight excluding hydrogens is 465 g/mol. The predicted octanol–water partition coefficient (Wildman–Crippen LogP) is 9.15. The van der Waals surface area contributed by atoms with Crippen molar-refractivity contribution in [3.05, 3.63) is 0 Å². The molecule has 0 bridgehead atoms. The highest BCUT2D eigenvalue weighted by Gasteiger charge is 2.35. The first kappa shape index (κ1) is 25.9. The highest BCUT2D eigenvalue weighted by atomic mass is 127. The third-order valence-electron chi connectivity index (χ3n) is 9.39. The zero-order valence-corrected chi connectivity index (χ0v) is 23.0. The van der Waals surface area contributed by atoms with Crippen LogP contribution >= 0.6 is 22.9 Å². The van der Waals surface area contributed by atoms with Crippen LogP contribution in [0.2, 0.25) is 0 Å². The van der Waals surface area contributed by atoms with Gasteiger partial charge in [-0.1, -0.05) is 86.5 Å². The van der Waals surface area contributed by atoms with Crippen LogP contribution < -0.4 is 0 Å². The molecule has 2 saturated carbocycles. The Kier molecular flexibility index (Phi) is 10.8. The van der Waals surface area contributed by atoms with Gasteiger partial charge in [0.25, 0.3) is 0 Å². The molecule has 0 amide bonds. The van der Waals surface area contributed by atoms with Gasteiger partial charge in [0.15, 0.2) is 0 Å². The Morgan fingerprint density at radius 1 is 0.793 bits per heavy atom. The molecule has 0 aromatic carbocycles. The van der Waals surface area contributed by atoms with Gasteiger partial charge in [0.05, 0.1) is 0 Å². The lowest BCUT2D eigenvalue weighted by Crippen LogP contribution is -2.33. The van der Waals surface area contributed by atoms with E-state index in [9.17, 15) is 0 Å². The molecule has 0 saturated heterocycles. The first-order valence-electron chi connectivity index (χ1n) is 13.0. The van der Waals surface area contributed by atoms with E-state index < -0.39 is 0 Å². The van der Waals surface area contributed by atoms with Crippen LogP contribution in [-0.4, -0.2) is 16.2 Å². The van der Waals surface area contributed by atoms with Crippen molar-refractivity contribution >= 4 is 22.9 Å². The molecule has 0 heterocycles. The van der Waals surface area contributed by atoms with E-state index in [0.717, 1.165) is 41.5 Å². The van der Waals surface area contributed by atoms with E-state index in [1.54, 1.807) is 0 Å². The Morgan fingerprint density at radius 3 is 1.79 bits per heavy atom. The minimum absolute atomic E-state index is 0.486. The minimum Gasteiger partial charge on any atom is -0.248 e. The van der Waals surface area contributed by atoms with Gasteiger partial charge in [-0.15, -0.1) is 0 Å². The Morgan fingerprint density at radius 2 is 1.28 bits per heavy atom. The molecule has 2 aliphatic rings. The SMILES string of the molecule is CC1CCC(CCC2CCC(C)CCC(C(C)(C)C(C)C)C2)CC(N(C)I)CC1. The molecule has 29 heavy (non-hydrogen) atoms. The van der Waals surface area contributed by atoms with Crippen molar-refractivity contribution in [3.63, 3.8) is 0 Å². The fourth-order valence-corrected chi connectivity index (χ4v) is 6.52. The lowest BCUT2D eigenvalue weighted by Gasteiger charge is -2.42. The lowest BCUT2D eigenvalue weighted by atomic mass is 9.63. The van der Waals surface area contributed by atoms with Crippen molar-refractivity contribution in [3.8, 4) is 0 Å². The molecule has 0 aromatic rings. The summed E-state index contributed by atoms with van der Waals surface area (Å²) < 4.78 is 2.49. The summed E-state index contributed by atoms with van der Waals surface area (Å²) in [5.41, 5.74) is 0.486. The van der Waals surface area contributed by atoms with Crippen LogP contribution in [0, 0.1) is 40.9 Å². The van der Waals surface area contributed by atoms with Crippen LogP contribution in [0.15, 0.2) is 0 Å². The summed E-state index contributed by atoms with van der Waals surface area (Å²) in [5, 5.41) is 0. The van der Waals surface area contributed by atoms with Gasteiger partial charge in [0.1, 0.15) is 0 Å². The molecule has 0 N–H and O–H groups in total. The minimum atomic E-state index is 0.486. The summed E-state index contributed by atoms with van der Waals surface area (Å²) in [4.78, 5) is 0. The average Bonchev–Trinajstić information content (AvgIpc) is 2.62. The summed E-state index contributed by atoms with van der Waals surface area (Å²) >= 11 is 2.54. The van der Waals surface area contributed by atoms with E-state index in [2.05, 4.69) is 74.6 Å². The van der Waals surface area contributed by atoms with Crippen LogP contribution in [0.5, 0.6) is 0 Å². The van der Waals surface area contributed by atoms with E-state index in [4.69, 9.17) is 0 Å². The smallest absolute Gasteiger partial charge is 0.0201 e. The molecule has 2 heteroatoms. The van der Waals surface area contributed by atoms with Crippen molar-refractivity contribution < 1.29 is 0 Å². The first-order valence-corrected chi connectivity index (χ1v) is 13.9. The number of hydrogen-bond acceptors (Lipinski definition) is 1. The molecule has 172 valence electrons. The maximum Gasteiger partial charge on any atom is 0.0201 e. The average molecular weight is 518 g/mol. The first-order chi connectivity index (χ1) is 13.6. The van der Waals surface area contributed by atoms with E-state index in [1.807, 2.05) is 0 Å². The van der Waals surface area contributed by atoms with E-state index in [1.165, 1.54) is 77.0 Å². The van der Waals surface area contributed by atoms with Crippen molar-refractivity contribution in [2.45, 2.75) is 125 Å². The van der Waals surface area contributed by atoms with Crippen LogP contribution in [-0.2, 0) is 0 Å². The number of halogens is 1. The van der Waals surface area contributed by atoms with Gasteiger partial charge in [0, 0.05) is 28.9 Å². The van der Waals surface area contributed by atoms with Crippen LogP contribution in [0.25, 0.3) is 0 Å². The zero-order chi connectivity index (χ0) is 21.6. The molecule has 0 radical (unpaired) electrons. The summed E-state index contributed by atoms with van der Waals surface area (Å²) in [7, 11) is 2.29. The summed E-state index contributed by atoms with van der Waals surface area (Å²) in [5.74, 6) is 5.49. The van der Waals surface area contributed by atoms with E-state index >= 15 is 0 Å². The van der Waals surface area contributed by atoms with E-state index in [0.29, 0.717) is 5.41 Å². The second-order valence-electron chi connectivity index (χ2n) is 12.2. The van der Waals surface area contributed by atoms with Gasteiger partial charge in [-0.05, 0) is 80.1 Å². The van der Waals surface area contributed by atoms with Crippen LogP contribution in [0.1, 0.15) is 119 Å². The van der Waals surface area contributed by atoms with Crippen molar-refractivity contribution in [2.24, 2.45) is 40.9 Å². The van der Waals surface area contributed by atoms with Crippen molar-refractivity contribution in [1.29, 1.82) is 0 Å². The molecular formula is C27H52IN. The molecule has 2 aliphatic carbocycles. The molecule has 1 nitrogen and oxygen atoms in total. The maximum atomic E-state index is 2.56. The zero-order valence-electron chi connectivity index (χ0n) is 20.9. The number of hydrogen-bond donors (Lipinski definition) is 0. The summed E-state index contributed by atoms with van der Waals surface area (Å²) in [6, 6.07) is 0.799. The van der Waals surface area contributed by atoms with Gasteiger partial charge in [0.2, 0.25) is 0 Å². The van der Waals surface area contributed by atoms with Crippen molar-refractivity contribution in [1.82, 2.24) is 3.11 Å². The Labute approximate surface area is 198 Å². The fraction of sp³-hybridized carbons (Fsp3) is 1.00. The van der Waals surface area contributed by atoms with Crippen LogP contribution in [0.3, 0.4) is 0 Å². The highest BCUT2D eigenvalue weighted by molar-refractivity contribution is 14.1. The van der Waals surface area contributed by atoms with Gasteiger partial charge < -0.3 is 0 Å². The molecule has 0 spiro atoms. The second-order valence-corrected chi connectivity index (χ2v) is 13.7. The third kappa shape index (κ3) is 8.28. The lowest BCUT2D eigenvalue weighted by molar-refractivity contribution is 0.0820. The molecule has 2 rings (SSSR count). The van der Waals surface area contributed by atoms with Gasteiger partial charge in [-0.3, -0.25) is 0 Å². The second kappa shape index (κ2) is 12.1. The fourth-order valence-electron chi connectivity index (χ4n) is 6.02. The topological polar surface area (TPSA) is 3.24 Å². The van der Waals surface area contributed by atoms with Crippen LogP contribution in [0.4, 0.5) is 0 Å². The Bertz CT molecular complexity index is 457. The Balaban J connectivity index is 1.99. The maximum absolute atomic E-state index is 2.56. The monoisotopic (exact) mass is 517 g/mol.